The number of hydrogen-bond acceptors (Lipinski definition) is 1. The summed E-state index contributed by atoms with van der Waals surface area (Å²) in [5, 5.41) is 2.48. The molecule has 4 aromatic carbocycles. The molecule has 29 heavy (non-hydrogen) atoms. The number of fused-ring (bicyclic) bond motifs is 1. The molecule has 0 fully saturated rings. The first-order valence-corrected chi connectivity index (χ1v) is 9.76. The third-order valence-corrected chi connectivity index (χ3v) is 5.25. The zero-order chi connectivity index (χ0) is 20.2. The van der Waals surface area contributed by atoms with Gasteiger partial charge in [0.25, 0.3) is 0 Å². The van der Waals surface area contributed by atoms with Gasteiger partial charge in [-0.25, -0.2) is 4.39 Å². The molecule has 144 valence electrons. The van der Waals surface area contributed by atoms with Gasteiger partial charge in [-0.1, -0.05) is 66.7 Å². The van der Waals surface area contributed by atoms with Crippen LogP contribution in [-0.4, -0.2) is 7.11 Å². The second-order valence-electron chi connectivity index (χ2n) is 7.15. The molecule has 0 aliphatic heterocycles. The van der Waals surface area contributed by atoms with Crippen LogP contribution < -0.4 is 4.74 Å². The lowest BCUT2D eigenvalue weighted by molar-refractivity contribution is 0.386. The second-order valence-corrected chi connectivity index (χ2v) is 7.15. The van der Waals surface area contributed by atoms with Crippen LogP contribution in [0, 0.1) is 5.82 Å². The van der Waals surface area contributed by atoms with Crippen molar-refractivity contribution in [3.63, 3.8) is 0 Å². The molecular weight excluding hydrogens is 359 g/mol. The Balaban J connectivity index is 1.60. The van der Waals surface area contributed by atoms with E-state index in [4.69, 9.17) is 4.74 Å². The highest BCUT2D eigenvalue weighted by Gasteiger charge is 2.06. The lowest BCUT2D eigenvalue weighted by Gasteiger charge is -2.09. The Kier molecular flexibility index (Phi) is 5.44. The molecule has 0 aliphatic carbocycles. The third kappa shape index (κ3) is 4.07. The average Bonchev–Trinajstić information content (AvgIpc) is 2.77. The molecule has 1 nitrogen and oxygen atoms in total. The van der Waals surface area contributed by atoms with Crippen LogP contribution in [0.3, 0.4) is 0 Å². The molecule has 4 aromatic rings. The molecule has 0 amide bonds. The Hall–Kier alpha value is -3.39. The number of benzene rings is 4. The van der Waals surface area contributed by atoms with Gasteiger partial charge in [0.1, 0.15) is 0 Å². The highest BCUT2D eigenvalue weighted by molar-refractivity contribution is 5.88. The predicted octanol–water partition coefficient (Wildman–Crippen LogP) is 7.44. The fourth-order valence-corrected chi connectivity index (χ4v) is 3.60. The molecule has 0 heterocycles. The minimum Gasteiger partial charge on any atom is -0.494 e. The van der Waals surface area contributed by atoms with E-state index < -0.39 is 0 Å². The summed E-state index contributed by atoms with van der Waals surface area (Å²) in [5.74, 6) is -0.0924. The number of aryl methyl sites for hydroxylation is 1. The monoisotopic (exact) mass is 382 g/mol. The van der Waals surface area contributed by atoms with Crippen molar-refractivity contribution in [1.29, 1.82) is 0 Å². The molecule has 0 saturated carbocycles. The van der Waals surface area contributed by atoms with Crippen LogP contribution in [0.1, 0.15) is 12.0 Å². The van der Waals surface area contributed by atoms with E-state index in [1.54, 1.807) is 6.07 Å². The van der Waals surface area contributed by atoms with Gasteiger partial charge in [-0.15, -0.1) is 6.58 Å². The van der Waals surface area contributed by atoms with Crippen molar-refractivity contribution in [2.75, 3.05) is 7.11 Å². The summed E-state index contributed by atoms with van der Waals surface area (Å²) < 4.78 is 19.0. The maximum Gasteiger partial charge on any atom is 0.165 e. The SMILES string of the molecule is C=CCCc1ccc2cc(-c3ccc(-c4ccc(OC)c(F)c4)cc3)ccc2c1. The van der Waals surface area contributed by atoms with E-state index in [1.807, 2.05) is 24.3 Å². The van der Waals surface area contributed by atoms with E-state index in [-0.39, 0.29) is 11.6 Å². The van der Waals surface area contributed by atoms with E-state index in [9.17, 15) is 4.39 Å². The van der Waals surface area contributed by atoms with Crippen LogP contribution in [0.15, 0.2) is 91.5 Å². The van der Waals surface area contributed by atoms with E-state index in [0.29, 0.717) is 0 Å². The molecule has 0 bridgehead atoms. The minimum atomic E-state index is -0.351. The van der Waals surface area contributed by atoms with Crippen molar-refractivity contribution < 1.29 is 9.13 Å². The molecule has 0 radical (unpaired) electrons. The standard InChI is InChI=1S/C27H23FO/c1-3-4-5-19-6-7-24-17-23(13-12-22(24)16-19)20-8-10-21(11-9-20)25-14-15-27(29-2)26(28)18-25/h3,6-18H,1,4-5H2,2H3. The molecule has 0 aliphatic rings. The molecule has 0 unspecified atom stereocenters. The topological polar surface area (TPSA) is 9.23 Å². The number of rotatable bonds is 6. The van der Waals surface area contributed by atoms with Crippen LogP contribution in [-0.2, 0) is 6.42 Å². The van der Waals surface area contributed by atoms with Crippen molar-refractivity contribution in [3.8, 4) is 28.0 Å². The van der Waals surface area contributed by atoms with Crippen molar-refractivity contribution >= 4 is 10.8 Å². The van der Waals surface area contributed by atoms with E-state index in [0.717, 1.165) is 29.5 Å². The fraction of sp³-hybridized carbons (Fsp3) is 0.111. The fourth-order valence-electron chi connectivity index (χ4n) is 3.60. The summed E-state index contributed by atoms with van der Waals surface area (Å²) in [6, 6.07) is 26.4. The molecule has 0 saturated heterocycles. The quantitative estimate of drug-likeness (QED) is 0.315. The van der Waals surface area contributed by atoms with E-state index >= 15 is 0 Å². The first kappa shape index (κ1) is 18.9. The second kappa shape index (κ2) is 8.32. The largest absolute Gasteiger partial charge is 0.494 e. The maximum atomic E-state index is 14.0. The first-order valence-electron chi connectivity index (χ1n) is 9.76. The van der Waals surface area contributed by atoms with Gasteiger partial charge < -0.3 is 4.74 Å². The number of hydrogen-bond donors (Lipinski definition) is 0. The lowest BCUT2D eigenvalue weighted by atomic mass is 9.97. The molecule has 0 aromatic heterocycles. The zero-order valence-corrected chi connectivity index (χ0v) is 16.5. The first-order chi connectivity index (χ1) is 14.2. The molecular formula is C27H23FO. The van der Waals surface area contributed by atoms with Crippen LogP contribution in [0.5, 0.6) is 5.75 Å². The summed E-state index contributed by atoms with van der Waals surface area (Å²) >= 11 is 0. The molecule has 0 atom stereocenters. The Morgan fingerprint density at radius 2 is 1.34 bits per heavy atom. The Bertz CT molecular complexity index is 1160. The summed E-state index contributed by atoms with van der Waals surface area (Å²) in [5.41, 5.74) is 5.45. The highest BCUT2D eigenvalue weighted by Crippen LogP contribution is 2.29. The third-order valence-electron chi connectivity index (χ3n) is 5.25. The van der Waals surface area contributed by atoms with Gasteiger partial charge in [-0.3, -0.25) is 0 Å². The highest BCUT2D eigenvalue weighted by atomic mass is 19.1. The molecule has 0 N–H and O–H groups in total. The Morgan fingerprint density at radius 3 is 2.00 bits per heavy atom. The van der Waals surface area contributed by atoms with E-state index in [1.165, 1.54) is 35.1 Å². The van der Waals surface area contributed by atoms with Gasteiger partial charge in [0.05, 0.1) is 7.11 Å². The summed E-state index contributed by atoms with van der Waals surface area (Å²) in [6.07, 6.45) is 3.97. The average molecular weight is 382 g/mol. The van der Waals surface area contributed by atoms with Gasteiger partial charge in [0, 0.05) is 0 Å². The predicted molar refractivity (Wildman–Crippen MR) is 120 cm³/mol. The maximum absolute atomic E-state index is 14.0. The summed E-state index contributed by atoms with van der Waals surface area (Å²) in [6.45, 7) is 3.80. The van der Waals surface area contributed by atoms with Crippen LogP contribution in [0.4, 0.5) is 4.39 Å². The van der Waals surface area contributed by atoms with Crippen LogP contribution in [0.2, 0.25) is 0 Å². The molecule has 4 rings (SSSR count). The van der Waals surface area contributed by atoms with Crippen molar-refractivity contribution in [3.05, 3.63) is 103 Å². The number of ether oxygens (including phenoxy) is 1. The van der Waals surface area contributed by atoms with Crippen LogP contribution in [0.25, 0.3) is 33.0 Å². The van der Waals surface area contributed by atoms with Crippen molar-refractivity contribution in [2.45, 2.75) is 12.8 Å². The number of methoxy groups -OCH3 is 1. The van der Waals surface area contributed by atoms with Gasteiger partial charge in [0.2, 0.25) is 0 Å². The van der Waals surface area contributed by atoms with Gasteiger partial charge in [0.15, 0.2) is 11.6 Å². The number of halogens is 1. The number of allylic oxidation sites excluding steroid dienone is 1. The smallest absolute Gasteiger partial charge is 0.165 e. The van der Waals surface area contributed by atoms with Gasteiger partial charge >= 0.3 is 0 Å². The lowest BCUT2D eigenvalue weighted by Crippen LogP contribution is -1.88. The summed E-state index contributed by atoms with van der Waals surface area (Å²) in [4.78, 5) is 0. The van der Waals surface area contributed by atoms with Crippen LogP contribution >= 0.6 is 0 Å². The van der Waals surface area contributed by atoms with Crippen molar-refractivity contribution in [2.24, 2.45) is 0 Å². The molecule has 0 spiro atoms. The molecule has 2 heteroatoms. The normalized spacial score (nSPS) is 10.8. The minimum absolute atomic E-state index is 0.259. The van der Waals surface area contributed by atoms with Gasteiger partial charge in [-0.05, 0) is 69.6 Å². The van der Waals surface area contributed by atoms with Gasteiger partial charge in [-0.2, -0.15) is 0 Å². The Morgan fingerprint density at radius 1 is 0.759 bits per heavy atom. The Labute approximate surface area is 171 Å². The zero-order valence-electron chi connectivity index (χ0n) is 16.5. The van der Waals surface area contributed by atoms with Crippen molar-refractivity contribution in [1.82, 2.24) is 0 Å². The van der Waals surface area contributed by atoms with E-state index in [2.05, 4.69) is 55.1 Å². The summed E-state index contributed by atoms with van der Waals surface area (Å²) in [7, 11) is 1.47.